The highest BCUT2D eigenvalue weighted by molar-refractivity contribution is 6.07. The Morgan fingerprint density at radius 2 is 1.75 bits per heavy atom. The molecule has 0 heterocycles. The van der Waals surface area contributed by atoms with Crippen molar-refractivity contribution in [3.8, 4) is 0 Å². The van der Waals surface area contributed by atoms with Crippen molar-refractivity contribution in [3.05, 3.63) is 11.1 Å². The molecule has 0 unspecified atom stereocenters. The molecule has 0 aromatic carbocycles. The van der Waals surface area contributed by atoms with Crippen molar-refractivity contribution in [2.75, 3.05) is 26.3 Å². The maximum Gasteiger partial charge on any atom is 0.331 e. The van der Waals surface area contributed by atoms with Crippen LogP contribution in [-0.2, 0) is 14.3 Å². The molecule has 0 rings (SSSR count). The van der Waals surface area contributed by atoms with Crippen molar-refractivity contribution in [2.24, 2.45) is 0 Å². The molecule has 0 bridgehead atoms. The molecule has 0 radical (unpaired) electrons. The number of hydrogen-bond acceptors (Lipinski definition) is 4. The van der Waals surface area contributed by atoms with Gasteiger partial charge in [-0.1, -0.05) is 0 Å². The Bertz CT molecular complexity index is 404. The maximum absolute atomic E-state index is 11.8. The number of ether oxygens (including phenoxy) is 1. The van der Waals surface area contributed by atoms with E-state index in [-0.39, 0.29) is 11.1 Å². The summed E-state index contributed by atoms with van der Waals surface area (Å²) in [6, 6.07) is -0.560. The minimum atomic E-state index is -1.19. The Labute approximate surface area is 118 Å². The van der Waals surface area contributed by atoms with Gasteiger partial charge in [-0.2, -0.15) is 0 Å². The van der Waals surface area contributed by atoms with Gasteiger partial charge in [0.05, 0.1) is 6.61 Å². The second-order valence-corrected chi connectivity index (χ2v) is 4.09. The molecule has 0 spiro atoms. The van der Waals surface area contributed by atoms with Gasteiger partial charge in [-0.05, 0) is 27.7 Å². The number of carbonyl (C=O) groups is 3. The number of aliphatic carboxylic acids is 1. The Morgan fingerprint density at radius 3 is 2.20 bits per heavy atom. The molecule has 0 atom stereocenters. The number of nitrogens with zero attached hydrogens (tertiary/aromatic N) is 1. The van der Waals surface area contributed by atoms with Crippen LogP contribution in [0, 0.1) is 0 Å². The lowest BCUT2D eigenvalue weighted by Gasteiger charge is -2.20. The molecule has 0 aliphatic heterocycles. The van der Waals surface area contributed by atoms with E-state index in [0.29, 0.717) is 26.3 Å². The zero-order valence-electron chi connectivity index (χ0n) is 12.4. The molecule has 0 aromatic rings. The van der Waals surface area contributed by atoms with Crippen LogP contribution in [0.3, 0.4) is 0 Å². The molecule has 7 heteroatoms. The van der Waals surface area contributed by atoms with Crippen LogP contribution in [0.2, 0.25) is 0 Å². The summed E-state index contributed by atoms with van der Waals surface area (Å²) in [5, 5.41) is 10.9. The number of carbonyl (C=O) groups excluding carboxylic acids is 2. The first-order chi connectivity index (χ1) is 9.34. The summed E-state index contributed by atoms with van der Waals surface area (Å²) in [5.74, 6) is -1.89. The highest BCUT2D eigenvalue weighted by Crippen LogP contribution is 2.04. The number of nitrogens with one attached hydrogen (secondary N) is 1. The molecule has 114 valence electrons. The fourth-order valence-electron chi connectivity index (χ4n) is 1.32. The third-order valence-electron chi connectivity index (χ3n) is 2.82. The second kappa shape index (κ2) is 9.08. The molecule has 0 fully saturated rings. The van der Waals surface area contributed by atoms with E-state index in [0.717, 1.165) is 0 Å². The van der Waals surface area contributed by atoms with Crippen LogP contribution < -0.4 is 5.32 Å². The number of likely N-dealkylation sites (N-methyl/N-ethyl adjacent to an activating group) is 1. The van der Waals surface area contributed by atoms with Crippen LogP contribution in [0.15, 0.2) is 11.1 Å². The largest absolute Gasteiger partial charge is 0.478 e. The van der Waals surface area contributed by atoms with Gasteiger partial charge in [-0.3, -0.25) is 10.1 Å². The molecule has 2 N–H and O–H groups in total. The molecular weight excluding hydrogens is 264 g/mol. The average molecular weight is 286 g/mol. The van der Waals surface area contributed by atoms with E-state index in [1.54, 1.807) is 6.92 Å². The van der Waals surface area contributed by atoms with Gasteiger partial charge in [-0.25, -0.2) is 9.59 Å². The monoisotopic (exact) mass is 286 g/mol. The molecule has 0 saturated heterocycles. The molecular formula is C13H22N2O5. The number of amides is 3. The number of imide groups is 1. The normalized spacial score (nSPS) is 11.6. The fraction of sp³-hybridized carbons (Fsp3) is 0.615. The standard InChI is InChI=1S/C13H22N2O5/c1-5-15(7-8-20-6-2)13(19)14-11(16)9(3)10(4)12(17)18/h5-8H2,1-4H3,(H,17,18)(H,14,16,19). The second-order valence-electron chi connectivity index (χ2n) is 4.09. The zero-order chi connectivity index (χ0) is 15.7. The first-order valence-electron chi connectivity index (χ1n) is 6.43. The summed E-state index contributed by atoms with van der Waals surface area (Å²) in [6.45, 7) is 8.03. The minimum absolute atomic E-state index is 0.00621. The van der Waals surface area contributed by atoms with Crippen molar-refractivity contribution in [2.45, 2.75) is 27.7 Å². The summed E-state index contributed by atoms with van der Waals surface area (Å²) in [7, 11) is 0. The maximum atomic E-state index is 11.8. The summed E-state index contributed by atoms with van der Waals surface area (Å²) in [6.07, 6.45) is 0. The minimum Gasteiger partial charge on any atom is -0.478 e. The highest BCUT2D eigenvalue weighted by atomic mass is 16.5. The molecule has 3 amide bonds. The van der Waals surface area contributed by atoms with E-state index in [4.69, 9.17) is 9.84 Å². The van der Waals surface area contributed by atoms with Crippen molar-refractivity contribution >= 4 is 17.9 Å². The molecule has 0 saturated carbocycles. The number of carboxylic acids is 1. The molecule has 7 nitrogen and oxygen atoms in total. The fourth-order valence-corrected chi connectivity index (χ4v) is 1.32. The van der Waals surface area contributed by atoms with Crippen LogP contribution in [-0.4, -0.2) is 54.2 Å². The lowest BCUT2D eigenvalue weighted by atomic mass is 10.1. The summed E-state index contributed by atoms with van der Waals surface area (Å²) < 4.78 is 5.14. The van der Waals surface area contributed by atoms with Crippen molar-refractivity contribution in [1.82, 2.24) is 10.2 Å². The zero-order valence-corrected chi connectivity index (χ0v) is 12.4. The highest BCUT2D eigenvalue weighted by Gasteiger charge is 2.18. The van der Waals surface area contributed by atoms with Gasteiger partial charge in [0.15, 0.2) is 0 Å². The molecule has 0 aliphatic rings. The lowest BCUT2D eigenvalue weighted by molar-refractivity contribution is -0.133. The van der Waals surface area contributed by atoms with E-state index in [1.165, 1.54) is 18.7 Å². The van der Waals surface area contributed by atoms with E-state index < -0.39 is 17.9 Å². The Kier molecular flexibility index (Phi) is 8.23. The van der Waals surface area contributed by atoms with E-state index in [9.17, 15) is 14.4 Å². The van der Waals surface area contributed by atoms with Crippen LogP contribution in [0.4, 0.5) is 4.79 Å². The molecule has 20 heavy (non-hydrogen) atoms. The number of rotatable bonds is 7. The summed E-state index contributed by atoms with van der Waals surface area (Å²) in [4.78, 5) is 35.7. The molecule has 0 aliphatic carbocycles. The van der Waals surface area contributed by atoms with Gasteiger partial charge < -0.3 is 14.7 Å². The van der Waals surface area contributed by atoms with E-state index in [1.807, 2.05) is 6.92 Å². The Balaban J connectivity index is 4.61. The van der Waals surface area contributed by atoms with Crippen molar-refractivity contribution < 1.29 is 24.2 Å². The van der Waals surface area contributed by atoms with Crippen molar-refractivity contribution in [1.29, 1.82) is 0 Å². The lowest BCUT2D eigenvalue weighted by Crippen LogP contribution is -2.44. The van der Waals surface area contributed by atoms with E-state index >= 15 is 0 Å². The van der Waals surface area contributed by atoms with Gasteiger partial charge in [0.2, 0.25) is 0 Å². The number of carboxylic acid groups (broad SMARTS) is 1. The smallest absolute Gasteiger partial charge is 0.331 e. The topological polar surface area (TPSA) is 95.9 Å². The Hall–Kier alpha value is -1.89. The predicted molar refractivity (Wildman–Crippen MR) is 73.3 cm³/mol. The van der Waals surface area contributed by atoms with Crippen LogP contribution >= 0.6 is 0 Å². The third-order valence-corrected chi connectivity index (χ3v) is 2.82. The first-order valence-corrected chi connectivity index (χ1v) is 6.43. The van der Waals surface area contributed by atoms with Crippen LogP contribution in [0.1, 0.15) is 27.7 Å². The van der Waals surface area contributed by atoms with Crippen molar-refractivity contribution in [3.63, 3.8) is 0 Å². The summed E-state index contributed by atoms with van der Waals surface area (Å²) in [5.41, 5.74) is -0.0839. The predicted octanol–water partition coefficient (Wildman–Crippen LogP) is 1.00. The van der Waals surface area contributed by atoms with Gasteiger partial charge in [0.1, 0.15) is 0 Å². The summed E-state index contributed by atoms with van der Waals surface area (Å²) >= 11 is 0. The third kappa shape index (κ3) is 5.83. The van der Waals surface area contributed by atoms with Gasteiger partial charge in [0, 0.05) is 30.8 Å². The van der Waals surface area contributed by atoms with Crippen LogP contribution in [0.5, 0.6) is 0 Å². The number of hydrogen-bond donors (Lipinski definition) is 2. The van der Waals surface area contributed by atoms with Gasteiger partial charge >= 0.3 is 12.0 Å². The van der Waals surface area contributed by atoms with E-state index in [2.05, 4.69) is 5.32 Å². The SMILES string of the molecule is CCOCCN(CC)C(=O)NC(=O)C(C)=C(C)C(=O)O. The number of urea groups is 1. The molecule has 0 aromatic heterocycles. The van der Waals surface area contributed by atoms with Crippen LogP contribution in [0.25, 0.3) is 0 Å². The van der Waals surface area contributed by atoms with Gasteiger partial charge in [0.25, 0.3) is 5.91 Å². The Morgan fingerprint density at radius 1 is 1.15 bits per heavy atom. The van der Waals surface area contributed by atoms with Gasteiger partial charge in [-0.15, -0.1) is 0 Å². The first kappa shape index (κ1) is 18.1. The average Bonchev–Trinajstić information content (AvgIpc) is 2.41. The quantitative estimate of drug-likeness (QED) is 0.537.